The van der Waals surface area contributed by atoms with Gasteiger partial charge in [0.1, 0.15) is 0 Å². The van der Waals surface area contributed by atoms with E-state index in [1.54, 1.807) is 11.6 Å². The van der Waals surface area contributed by atoms with Gasteiger partial charge in [-0.15, -0.1) is 0 Å². The number of pyridine rings is 1. The fourth-order valence-electron chi connectivity index (χ4n) is 2.19. The molecular formula is C14H17BrN2O. The largest absolute Gasteiger partial charge is 0.325 e. The summed E-state index contributed by atoms with van der Waals surface area (Å²) in [4.78, 5) is 12.3. The van der Waals surface area contributed by atoms with Gasteiger partial charge in [-0.05, 0) is 53.7 Å². The Kier molecular flexibility index (Phi) is 3.34. The van der Waals surface area contributed by atoms with Crippen molar-refractivity contribution in [2.45, 2.75) is 25.8 Å². The number of halogens is 1. The van der Waals surface area contributed by atoms with Crippen LogP contribution in [0.15, 0.2) is 33.5 Å². The van der Waals surface area contributed by atoms with E-state index in [0.29, 0.717) is 6.42 Å². The van der Waals surface area contributed by atoms with Crippen molar-refractivity contribution in [3.05, 3.63) is 44.7 Å². The molecule has 0 aliphatic rings. The first-order valence-corrected chi connectivity index (χ1v) is 6.65. The SMILES string of the molecule is Cn1c(=O)c(CC(C)(C)N)cc2cccc(Br)c21. The van der Waals surface area contributed by atoms with Crippen molar-refractivity contribution in [2.75, 3.05) is 0 Å². The molecule has 4 heteroatoms. The van der Waals surface area contributed by atoms with E-state index in [-0.39, 0.29) is 11.1 Å². The molecule has 2 rings (SSSR count). The number of hydrogen-bond acceptors (Lipinski definition) is 2. The quantitative estimate of drug-likeness (QED) is 0.927. The van der Waals surface area contributed by atoms with Crippen molar-refractivity contribution in [2.24, 2.45) is 12.8 Å². The molecule has 2 N–H and O–H groups in total. The normalized spacial score (nSPS) is 12.1. The first-order chi connectivity index (χ1) is 8.29. The van der Waals surface area contributed by atoms with Crippen LogP contribution in [-0.2, 0) is 13.5 Å². The van der Waals surface area contributed by atoms with E-state index < -0.39 is 0 Å². The van der Waals surface area contributed by atoms with Crippen LogP contribution in [-0.4, -0.2) is 10.1 Å². The van der Waals surface area contributed by atoms with Gasteiger partial charge in [0.15, 0.2) is 0 Å². The minimum absolute atomic E-state index is 0.0212. The Hall–Kier alpha value is -1.13. The summed E-state index contributed by atoms with van der Waals surface area (Å²) < 4.78 is 2.61. The van der Waals surface area contributed by atoms with Crippen LogP contribution in [0.5, 0.6) is 0 Å². The Balaban J connectivity index is 2.73. The van der Waals surface area contributed by atoms with E-state index >= 15 is 0 Å². The fourth-order valence-corrected chi connectivity index (χ4v) is 2.83. The summed E-state index contributed by atoms with van der Waals surface area (Å²) in [6.07, 6.45) is 0.572. The summed E-state index contributed by atoms with van der Waals surface area (Å²) in [7, 11) is 1.79. The third-order valence-corrected chi connectivity index (χ3v) is 3.55. The van der Waals surface area contributed by atoms with E-state index in [1.807, 2.05) is 38.1 Å². The monoisotopic (exact) mass is 308 g/mol. The summed E-state index contributed by atoms with van der Waals surface area (Å²) in [5, 5.41) is 1.05. The molecule has 0 spiro atoms. The van der Waals surface area contributed by atoms with Gasteiger partial charge in [-0.25, -0.2) is 0 Å². The van der Waals surface area contributed by atoms with Crippen molar-refractivity contribution in [1.29, 1.82) is 0 Å². The molecule has 0 unspecified atom stereocenters. The maximum Gasteiger partial charge on any atom is 0.254 e. The molecule has 1 aromatic heterocycles. The standard InChI is InChI=1S/C14H17BrN2O/c1-14(2,16)8-10-7-9-5-4-6-11(15)12(9)17(3)13(10)18/h4-7H,8,16H2,1-3H3. The van der Waals surface area contributed by atoms with E-state index in [4.69, 9.17) is 5.73 Å². The molecule has 0 bridgehead atoms. The second-order valence-electron chi connectivity index (χ2n) is 5.38. The summed E-state index contributed by atoms with van der Waals surface area (Å²) in [5.74, 6) is 0. The van der Waals surface area contributed by atoms with Gasteiger partial charge in [-0.2, -0.15) is 0 Å². The van der Waals surface area contributed by atoms with Crippen molar-refractivity contribution in [1.82, 2.24) is 4.57 Å². The van der Waals surface area contributed by atoms with E-state index in [0.717, 1.165) is 20.9 Å². The van der Waals surface area contributed by atoms with Gasteiger partial charge in [0.25, 0.3) is 5.56 Å². The molecule has 2 aromatic rings. The summed E-state index contributed by atoms with van der Waals surface area (Å²) >= 11 is 3.48. The molecule has 96 valence electrons. The molecule has 18 heavy (non-hydrogen) atoms. The zero-order valence-corrected chi connectivity index (χ0v) is 12.4. The van der Waals surface area contributed by atoms with Gasteiger partial charge in [0.2, 0.25) is 0 Å². The third kappa shape index (κ3) is 2.49. The molecule has 0 aliphatic carbocycles. The first kappa shape index (κ1) is 13.3. The minimum atomic E-state index is -0.383. The Morgan fingerprint density at radius 1 is 1.39 bits per heavy atom. The first-order valence-electron chi connectivity index (χ1n) is 5.85. The lowest BCUT2D eigenvalue weighted by molar-refractivity contribution is 0.513. The lowest BCUT2D eigenvalue weighted by Crippen LogP contribution is -2.37. The number of rotatable bonds is 2. The predicted molar refractivity (Wildman–Crippen MR) is 78.9 cm³/mol. The topological polar surface area (TPSA) is 48.0 Å². The molecule has 0 fully saturated rings. The Morgan fingerprint density at radius 2 is 2.06 bits per heavy atom. The van der Waals surface area contributed by atoms with Crippen LogP contribution in [0.1, 0.15) is 19.4 Å². The minimum Gasteiger partial charge on any atom is -0.325 e. The van der Waals surface area contributed by atoms with Gasteiger partial charge >= 0.3 is 0 Å². The second kappa shape index (κ2) is 4.52. The Labute approximate surface area is 115 Å². The lowest BCUT2D eigenvalue weighted by atomic mass is 9.96. The summed E-state index contributed by atoms with van der Waals surface area (Å²) in [6.45, 7) is 3.86. The van der Waals surface area contributed by atoms with Crippen LogP contribution in [0.2, 0.25) is 0 Å². The number of aromatic nitrogens is 1. The zero-order valence-electron chi connectivity index (χ0n) is 10.8. The highest BCUT2D eigenvalue weighted by atomic mass is 79.9. The number of hydrogen-bond donors (Lipinski definition) is 1. The number of nitrogens with two attached hydrogens (primary N) is 1. The molecule has 0 aliphatic heterocycles. The molecular weight excluding hydrogens is 292 g/mol. The highest BCUT2D eigenvalue weighted by molar-refractivity contribution is 9.10. The van der Waals surface area contributed by atoms with Gasteiger partial charge in [-0.1, -0.05) is 12.1 Å². The highest BCUT2D eigenvalue weighted by Gasteiger charge is 2.16. The smallest absolute Gasteiger partial charge is 0.254 e. The molecule has 0 saturated carbocycles. The fraction of sp³-hybridized carbons (Fsp3) is 0.357. The molecule has 3 nitrogen and oxygen atoms in total. The van der Waals surface area contributed by atoms with E-state index in [1.165, 1.54) is 0 Å². The second-order valence-corrected chi connectivity index (χ2v) is 6.23. The van der Waals surface area contributed by atoms with Gasteiger partial charge in [-0.3, -0.25) is 4.79 Å². The van der Waals surface area contributed by atoms with Crippen LogP contribution in [0.3, 0.4) is 0 Å². The zero-order chi connectivity index (χ0) is 13.5. The van der Waals surface area contributed by atoms with Crippen LogP contribution in [0, 0.1) is 0 Å². The lowest BCUT2D eigenvalue weighted by Gasteiger charge is -2.19. The number of benzene rings is 1. The molecule has 1 heterocycles. The predicted octanol–water partition coefficient (Wildman–Crippen LogP) is 2.58. The van der Waals surface area contributed by atoms with Gasteiger partial charge in [0, 0.05) is 22.6 Å². The maximum absolute atomic E-state index is 12.3. The Bertz CT molecular complexity index is 653. The molecule has 1 aromatic carbocycles. The molecule has 0 saturated heterocycles. The summed E-state index contributed by atoms with van der Waals surface area (Å²) in [6, 6.07) is 7.85. The van der Waals surface area contributed by atoms with Crippen LogP contribution < -0.4 is 11.3 Å². The number of para-hydroxylation sites is 1. The molecule has 0 amide bonds. The average Bonchev–Trinajstić information content (AvgIpc) is 2.23. The van der Waals surface area contributed by atoms with E-state index in [9.17, 15) is 4.79 Å². The number of aryl methyl sites for hydroxylation is 1. The maximum atomic E-state index is 12.3. The van der Waals surface area contributed by atoms with E-state index in [2.05, 4.69) is 15.9 Å². The number of fused-ring (bicyclic) bond motifs is 1. The van der Waals surface area contributed by atoms with Crippen LogP contribution in [0.4, 0.5) is 0 Å². The van der Waals surface area contributed by atoms with Gasteiger partial charge < -0.3 is 10.3 Å². The summed E-state index contributed by atoms with van der Waals surface area (Å²) in [5.41, 5.74) is 7.32. The van der Waals surface area contributed by atoms with Crippen molar-refractivity contribution in [3.63, 3.8) is 0 Å². The average molecular weight is 309 g/mol. The number of nitrogens with zero attached hydrogens (tertiary/aromatic N) is 1. The van der Waals surface area contributed by atoms with Gasteiger partial charge in [0.05, 0.1) is 5.52 Å². The molecule has 0 atom stereocenters. The van der Waals surface area contributed by atoms with Crippen LogP contribution >= 0.6 is 15.9 Å². The van der Waals surface area contributed by atoms with Crippen LogP contribution in [0.25, 0.3) is 10.9 Å². The van der Waals surface area contributed by atoms with Crippen molar-refractivity contribution >= 4 is 26.8 Å². The van der Waals surface area contributed by atoms with Crippen molar-refractivity contribution in [3.8, 4) is 0 Å². The highest BCUT2D eigenvalue weighted by Crippen LogP contribution is 2.23. The Morgan fingerprint density at radius 3 is 2.67 bits per heavy atom. The third-order valence-electron chi connectivity index (χ3n) is 2.91. The molecule has 0 radical (unpaired) electrons. The van der Waals surface area contributed by atoms with Crippen molar-refractivity contribution < 1.29 is 0 Å².